The third kappa shape index (κ3) is 3.50. The quantitative estimate of drug-likeness (QED) is 0.780. The summed E-state index contributed by atoms with van der Waals surface area (Å²) in [4.78, 5) is 0.180. The fourth-order valence-corrected chi connectivity index (χ4v) is 5.41. The highest BCUT2D eigenvalue weighted by atomic mass is 32.2. The van der Waals surface area contributed by atoms with Crippen molar-refractivity contribution in [3.05, 3.63) is 24.3 Å². The van der Waals surface area contributed by atoms with E-state index in [1.54, 1.807) is 0 Å². The van der Waals surface area contributed by atoms with Crippen LogP contribution in [0.15, 0.2) is 34.1 Å². The van der Waals surface area contributed by atoms with Crippen LogP contribution < -0.4 is 0 Å². The van der Waals surface area contributed by atoms with E-state index >= 15 is 0 Å². The lowest BCUT2D eigenvalue weighted by molar-refractivity contribution is -0.0913. The molecule has 0 spiro atoms. The molecule has 0 unspecified atom stereocenters. The van der Waals surface area contributed by atoms with Crippen molar-refractivity contribution in [3.63, 3.8) is 0 Å². The number of rotatable bonds is 4. The molecule has 1 aromatic rings. The third-order valence-corrected chi connectivity index (χ3v) is 7.39. The van der Waals surface area contributed by atoms with Crippen molar-refractivity contribution in [1.82, 2.24) is 4.31 Å². The maximum atomic E-state index is 13.0. The first-order valence-electron chi connectivity index (χ1n) is 7.85. The lowest BCUT2D eigenvalue weighted by Crippen LogP contribution is -2.50. The van der Waals surface area contributed by atoms with E-state index in [4.69, 9.17) is 9.47 Å². The monoisotopic (exact) mass is 375 g/mol. The molecule has 3 rings (SSSR count). The van der Waals surface area contributed by atoms with Gasteiger partial charge in [-0.25, -0.2) is 16.8 Å². The molecule has 7 nitrogen and oxygen atoms in total. The molecule has 0 N–H and O–H groups in total. The second-order valence-electron chi connectivity index (χ2n) is 6.03. The number of sulfonamides is 1. The zero-order valence-electron chi connectivity index (χ0n) is 13.4. The minimum absolute atomic E-state index is 0.0831. The van der Waals surface area contributed by atoms with Crippen LogP contribution in [0.5, 0.6) is 0 Å². The fraction of sp³-hybridized carbons (Fsp3) is 0.600. The van der Waals surface area contributed by atoms with Gasteiger partial charge >= 0.3 is 0 Å². The van der Waals surface area contributed by atoms with Gasteiger partial charge in [0, 0.05) is 12.8 Å². The van der Waals surface area contributed by atoms with Gasteiger partial charge in [0.2, 0.25) is 10.0 Å². The van der Waals surface area contributed by atoms with Crippen LogP contribution in [0.3, 0.4) is 0 Å². The average molecular weight is 375 g/mol. The van der Waals surface area contributed by atoms with Gasteiger partial charge in [-0.1, -0.05) is 6.42 Å². The number of piperidine rings is 1. The van der Waals surface area contributed by atoms with E-state index in [0.717, 1.165) is 19.1 Å². The predicted molar refractivity (Wildman–Crippen MR) is 86.8 cm³/mol. The lowest BCUT2D eigenvalue weighted by atomic mass is 10.0. The normalized spacial score (nSPS) is 24.3. The van der Waals surface area contributed by atoms with Crippen molar-refractivity contribution in [1.29, 1.82) is 0 Å². The van der Waals surface area contributed by atoms with Crippen LogP contribution in [0.4, 0.5) is 0 Å². The minimum atomic E-state index is -3.73. The largest absolute Gasteiger partial charge is 0.349 e. The second kappa shape index (κ2) is 6.72. The fourth-order valence-electron chi connectivity index (χ4n) is 3.09. The maximum absolute atomic E-state index is 13.0. The van der Waals surface area contributed by atoms with E-state index in [1.807, 2.05) is 0 Å². The molecule has 1 aromatic carbocycles. The van der Waals surface area contributed by atoms with Crippen molar-refractivity contribution in [2.24, 2.45) is 0 Å². The molecule has 0 radical (unpaired) electrons. The number of sulfone groups is 1. The highest BCUT2D eigenvalue weighted by molar-refractivity contribution is 7.90. The number of benzene rings is 1. The Morgan fingerprint density at radius 3 is 2.12 bits per heavy atom. The number of ether oxygens (including phenoxy) is 2. The van der Waals surface area contributed by atoms with Gasteiger partial charge in [-0.3, -0.25) is 0 Å². The molecule has 0 amide bonds. The number of hydrogen-bond donors (Lipinski definition) is 0. The number of hydrogen-bond acceptors (Lipinski definition) is 6. The molecule has 0 saturated carbocycles. The van der Waals surface area contributed by atoms with Gasteiger partial charge in [-0.2, -0.15) is 4.31 Å². The van der Waals surface area contributed by atoms with Gasteiger partial charge in [0.25, 0.3) is 0 Å². The second-order valence-corrected chi connectivity index (χ2v) is 9.94. The van der Waals surface area contributed by atoms with Crippen LogP contribution in [-0.4, -0.2) is 59.5 Å². The standard InChI is InChI=1S/C15H21NO6S2/c1-23(17,18)12-5-7-13(8-6-12)24(19,20)16-9-3-2-4-14(16)15-21-10-11-22-15/h5-8,14-15H,2-4,9-11H2,1H3/t14-/m1/s1. The van der Waals surface area contributed by atoms with Gasteiger partial charge in [-0.15, -0.1) is 0 Å². The van der Waals surface area contributed by atoms with Crippen molar-refractivity contribution in [3.8, 4) is 0 Å². The molecule has 0 bridgehead atoms. The molecule has 9 heteroatoms. The first-order valence-corrected chi connectivity index (χ1v) is 11.2. The van der Waals surface area contributed by atoms with Crippen molar-refractivity contribution >= 4 is 19.9 Å². The predicted octanol–water partition coefficient (Wildman–Crippen LogP) is 1.01. The summed E-state index contributed by atoms with van der Waals surface area (Å²) in [6.45, 7) is 1.35. The summed E-state index contributed by atoms with van der Waals surface area (Å²) in [5.41, 5.74) is 0. The molecule has 2 saturated heterocycles. The minimum Gasteiger partial charge on any atom is -0.349 e. The Bertz CT molecular complexity index is 782. The van der Waals surface area contributed by atoms with Crippen molar-refractivity contribution in [2.45, 2.75) is 41.4 Å². The average Bonchev–Trinajstić information content (AvgIpc) is 3.08. The van der Waals surface area contributed by atoms with Gasteiger partial charge in [0.15, 0.2) is 16.1 Å². The number of nitrogens with zero attached hydrogens (tertiary/aromatic N) is 1. The lowest BCUT2D eigenvalue weighted by Gasteiger charge is -2.36. The smallest absolute Gasteiger partial charge is 0.243 e. The summed E-state index contributed by atoms with van der Waals surface area (Å²) >= 11 is 0. The van der Waals surface area contributed by atoms with E-state index < -0.39 is 26.2 Å². The molecule has 2 fully saturated rings. The Kier molecular flexibility index (Phi) is 4.99. The summed E-state index contributed by atoms with van der Waals surface area (Å²) < 4.78 is 61.5. The topological polar surface area (TPSA) is 90.0 Å². The van der Waals surface area contributed by atoms with Gasteiger partial charge < -0.3 is 9.47 Å². The van der Waals surface area contributed by atoms with Crippen LogP contribution in [0.2, 0.25) is 0 Å². The zero-order chi connectivity index (χ0) is 17.4. The maximum Gasteiger partial charge on any atom is 0.243 e. The third-order valence-electron chi connectivity index (χ3n) is 4.32. The molecule has 0 aliphatic carbocycles. The zero-order valence-corrected chi connectivity index (χ0v) is 15.1. The highest BCUT2D eigenvalue weighted by Crippen LogP contribution is 2.30. The van der Waals surface area contributed by atoms with Crippen LogP contribution in [0.25, 0.3) is 0 Å². The summed E-state index contributed by atoms with van der Waals surface area (Å²) in [5.74, 6) is 0. The molecular weight excluding hydrogens is 354 g/mol. The molecule has 2 aliphatic rings. The highest BCUT2D eigenvalue weighted by Gasteiger charge is 2.40. The molecular formula is C15H21NO6S2. The van der Waals surface area contributed by atoms with Crippen molar-refractivity contribution < 1.29 is 26.3 Å². The van der Waals surface area contributed by atoms with E-state index in [-0.39, 0.29) is 15.8 Å². The Morgan fingerprint density at radius 2 is 1.54 bits per heavy atom. The van der Waals surface area contributed by atoms with Crippen molar-refractivity contribution in [2.75, 3.05) is 26.0 Å². The first-order chi connectivity index (χ1) is 11.3. The van der Waals surface area contributed by atoms with Gasteiger partial charge in [0.1, 0.15) is 0 Å². The van der Waals surface area contributed by atoms with E-state index in [2.05, 4.69) is 0 Å². The van der Waals surface area contributed by atoms with Crippen LogP contribution in [0.1, 0.15) is 19.3 Å². The SMILES string of the molecule is CS(=O)(=O)c1ccc(S(=O)(=O)N2CCCC[C@@H]2C2OCCO2)cc1. The van der Waals surface area contributed by atoms with E-state index in [0.29, 0.717) is 26.2 Å². The first kappa shape index (κ1) is 17.8. The Morgan fingerprint density at radius 1 is 0.958 bits per heavy atom. The molecule has 134 valence electrons. The molecule has 2 heterocycles. The molecule has 2 aliphatic heterocycles. The summed E-state index contributed by atoms with van der Waals surface area (Å²) in [7, 11) is -7.09. The molecule has 24 heavy (non-hydrogen) atoms. The summed E-state index contributed by atoms with van der Waals surface area (Å²) in [6.07, 6.45) is 2.95. The summed E-state index contributed by atoms with van der Waals surface area (Å²) in [6, 6.07) is 4.98. The van der Waals surface area contributed by atoms with Crippen LogP contribution in [-0.2, 0) is 29.3 Å². The molecule has 1 atom stereocenters. The Hall–Kier alpha value is -1.00. The molecule has 0 aromatic heterocycles. The van der Waals surface area contributed by atoms with E-state index in [9.17, 15) is 16.8 Å². The van der Waals surface area contributed by atoms with Crippen LogP contribution in [0, 0.1) is 0 Å². The summed E-state index contributed by atoms with van der Waals surface area (Å²) in [5, 5.41) is 0. The van der Waals surface area contributed by atoms with Gasteiger partial charge in [-0.05, 0) is 37.1 Å². The Balaban J connectivity index is 1.90. The van der Waals surface area contributed by atoms with E-state index in [1.165, 1.54) is 28.6 Å². The Labute approximate surface area is 142 Å². The van der Waals surface area contributed by atoms with Crippen LogP contribution >= 0.6 is 0 Å². The van der Waals surface area contributed by atoms with Gasteiger partial charge in [0.05, 0.1) is 29.0 Å².